The number of nitrogens with zero attached hydrogens (tertiary/aromatic N) is 3. The van der Waals surface area contributed by atoms with Crippen LogP contribution in [0.25, 0.3) is 11.1 Å². The van der Waals surface area contributed by atoms with Crippen LogP contribution in [-0.4, -0.2) is 48.4 Å². The number of piperazine rings is 1. The van der Waals surface area contributed by atoms with Gasteiger partial charge in [-0.25, -0.2) is 0 Å². The number of benzene rings is 2. The number of rotatable bonds is 4. The molecule has 1 aliphatic heterocycles. The minimum atomic E-state index is 0.0922. The lowest BCUT2D eigenvalue weighted by Crippen LogP contribution is -2.48. The third kappa shape index (κ3) is 3.81. The van der Waals surface area contributed by atoms with Gasteiger partial charge >= 0.3 is 0 Å². The van der Waals surface area contributed by atoms with Crippen molar-refractivity contribution in [1.82, 2.24) is 9.80 Å². The first-order chi connectivity index (χ1) is 11.8. The average molecular weight is 319 g/mol. The van der Waals surface area contributed by atoms with E-state index >= 15 is 0 Å². The zero-order valence-corrected chi connectivity index (χ0v) is 13.7. The number of hydrogen-bond donors (Lipinski definition) is 0. The van der Waals surface area contributed by atoms with Crippen molar-refractivity contribution in [3.63, 3.8) is 0 Å². The van der Waals surface area contributed by atoms with Crippen molar-refractivity contribution in [3.05, 3.63) is 60.2 Å². The van der Waals surface area contributed by atoms with E-state index in [2.05, 4.69) is 23.1 Å². The van der Waals surface area contributed by atoms with Crippen LogP contribution in [0, 0.1) is 11.3 Å². The molecule has 4 nitrogen and oxygen atoms in total. The van der Waals surface area contributed by atoms with Crippen molar-refractivity contribution in [2.24, 2.45) is 0 Å². The lowest BCUT2D eigenvalue weighted by Gasteiger charge is -2.34. The van der Waals surface area contributed by atoms with Gasteiger partial charge in [-0.3, -0.25) is 9.69 Å². The molecule has 0 radical (unpaired) electrons. The van der Waals surface area contributed by atoms with Crippen LogP contribution in [0.2, 0.25) is 0 Å². The minimum Gasteiger partial charge on any atom is -0.336 e. The quantitative estimate of drug-likeness (QED) is 0.870. The van der Waals surface area contributed by atoms with Crippen LogP contribution in [0.5, 0.6) is 0 Å². The predicted octanol–water partition coefficient (Wildman–Crippen LogP) is 3.03. The summed E-state index contributed by atoms with van der Waals surface area (Å²) in [4.78, 5) is 16.8. The summed E-state index contributed by atoms with van der Waals surface area (Å²) < 4.78 is 0. The van der Waals surface area contributed by atoms with E-state index in [1.165, 1.54) is 0 Å². The second kappa shape index (κ2) is 7.76. The fourth-order valence-electron chi connectivity index (χ4n) is 3.00. The van der Waals surface area contributed by atoms with Gasteiger partial charge in [0, 0.05) is 44.7 Å². The molecule has 1 fully saturated rings. The topological polar surface area (TPSA) is 47.3 Å². The Labute approximate surface area is 142 Å². The van der Waals surface area contributed by atoms with Gasteiger partial charge in [0.2, 0.25) is 0 Å². The monoisotopic (exact) mass is 319 g/mol. The minimum absolute atomic E-state index is 0.0922. The molecule has 2 aromatic rings. The molecular formula is C20H21N3O. The molecule has 0 aliphatic carbocycles. The molecule has 2 aromatic carbocycles. The molecule has 1 amide bonds. The molecule has 0 atom stereocenters. The number of carbonyl (C=O) groups excluding carboxylic acids is 1. The third-order valence-corrected chi connectivity index (χ3v) is 4.44. The molecule has 0 spiro atoms. The average Bonchev–Trinajstić information content (AvgIpc) is 2.67. The van der Waals surface area contributed by atoms with E-state index in [-0.39, 0.29) is 5.91 Å². The van der Waals surface area contributed by atoms with Crippen LogP contribution < -0.4 is 0 Å². The maximum absolute atomic E-state index is 12.6. The van der Waals surface area contributed by atoms with Gasteiger partial charge in [-0.15, -0.1) is 0 Å². The first-order valence-corrected chi connectivity index (χ1v) is 8.32. The van der Waals surface area contributed by atoms with Gasteiger partial charge in [0.05, 0.1) is 6.07 Å². The zero-order valence-electron chi connectivity index (χ0n) is 13.7. The highest BCUT2D eigenvalue weighted by molar-refractivity contribution is 5.94. The van der Waals surface area contributed by atoms with Gasteiger partial charge in [0.15, 0.2) is 0 Å². The van der Waals surface area contributed by atoms with Gasteiger partial charge in [0.25, 0.3) is 5.91 Å². The lowest BCUT2D eigenvalue weighted by molar-refractivity contribution is 0.0640. The fraction of sp³-hybridized carbons (Fsp3) is 0.300. The molecule has 1 heterocycles. The van der Waals surface area contributed by atoms with Gasteiger partial charge in [0.1, 0.15) is 0 Å². The van der Waals surface area contributed by atoms with Crippen molar-refractivity contribution in [2.45, 2.75) is 6.42 Å². The smallest absolute Gasteiger partial charge is 0.253 e. The van der Waals surface area contributed by atoms with E-state index in [9.17, 15) is 4.79 Å². The van der Waals surface area contributed by atoms with Crippen LogP contribution in [0.4, 0.5) is 0 Å². The van der Waals surface area contributed by atoms with Crippen molar-refractivity contribution in [2.75, 3.05) is 32.7 Å². The summed E-state index contributed by atoms with van der Waals surface area (Å²) in [5.41, 5.74) is 3.01. The van der Waals surface area contributed by atoms with Gasteiger partial charge in [-0.2, -0.15) is 5.26 Å². The first kappa shape index (κ1) is 16.2. The summed E-state index contributed by atoms with van der Waals surface area (Å²) in [5.74, 6) is 0.0922. The van der Waals surface area contributed by atoms with Crippen LogP contribution in [0.1, 0.15) is 16.8 Å². The van der Waals surface area contributed by atoms with Crippen molar-refractivity contribution >= 4 is 5.91 Å². The molecular weight excluding hydrogens is 298 g/mol. The maximum atomic E-state index is 12.6. The van der Waals surface area contributed by atoms with E-state index in [1.54, 1.807) is 0 Å². The Bertz CT molecular complexity index is 711. The molecule has 0 saturated carbocycles. The van der Waals surface area contributed by atoms with E-state index < -0.39 is 0 Å². The summed E-state index contributed by atoms with van der Waals surface area (Å²) in [6, 6.07) is 20.2. The molecule has 4 heteroatoms. The molecule has 0 unspecified atom stereocenters. The lowest BCUT2D eigenvalue weighted by atomic mass is 10.0. The second-order valence-electron chi connectivity index (χ2n) is 5.99. The first-order valence-electron chi connectivity index (χ1n) is 8.32. The molecule has 3 rings (SSSR count). The van der Waals surface area contributed by atoms with Crippen molar-refractivity contribution in [3.8, 4) is 17.2 Å². The van der Waals surface area contributed by atoms with Gasteiger partial charge in [-0.05, 0) is 23.3 Å². The van der Waals surface area contributed by atoms with Crippen LogP contribution in [0.3, 0.4) is 0 Å². The van der Waals surface area contributed by atoms with Gasteiger partial charge < -0.3 is 4.90 Å². The van der Waals surface area contributed by atoms with E-state index in [4.69, 9.17) is 5.26 Å². The van der Waals surface area contributed by atoms with Gasteiger partial charge in [-0.1, -0.05) is 42.5 Å². The Balaban J connectivity index is 1.61. The zero-order chi connectivity index (χ0) is 16.8. The Morgan fingerprint density at radius 3 is 2.17 bits per heavy atom. The summed E-state index contributed by atoms with van der Waals surface area (Å²) in [6.45, 7) is 3.94. The second-order valence-corrected chi connectivity index (χ2v) is 5.99. The Kier molecular flexibility index (Phi) is 5.25. The highest BCUT2D eigenvalue weighted by Gasteiger charge is 2.21. The summed E-state index contributed by atoms with van der Waals surface area (Å²) in [7, 11) is 0. The Hall–Kier alpha value is -2.64. The molecule has 0 bridgehead atoms. The van der Waals surface area contributed by atoms with E-state index in [0.29, 0.717) is 6.42 Å². The SMILES string of the molecule is N#CCCN1CCN(C(=O)c2ccc(-c3ccccc3)cc2)CC1. The molecule has 1 saturated heterocycles. The summed E-state index contributed by atoms with van der Waals surface area (Å²) >= 11 is 0. The normalized spacial score (nSPS) is 15.0. The van der Waals surface area contributed by atoms with Crippen molar-refractivity contribution < 1.29 is 4.79 Å². The Morgan fingerprint density at radius 2 is 1.54 bits per heavy atom. The molecule has 122 valence electrons. The van der Waals surface area contributed by atoms with E-state index in [1.807, 2.05) is 47.4 Å². The fourth-order valence-corrected chi connectivity index (χ4v) is 3.00. The molecule has 0 N–H and O–H groups in total. The molecule has 1 aliphatic rings. The highest BCUT2D eigenvalue weighted by Crippen LogP contribution is 2.20. The standard InChI is InChI=1S/C20H21N3O/c21-11-4-12-22-13-15-23(16-14-22)20(24)19-9-7-18(8-10-19)17-5-2-1-3-6-17/h1-3,5-10H,4,12-16H2. The van der Waals surface area contributed by atoms with Crippen LogP contribution in [-0.2, 0) is 0 Å². The number of hydrogen-bond acceptors (Lipinski definition) is 3. The Morgan fingerprint density at radius 1 is 0.917 bits per heavy atom. The summed E-state index contributed by atoms with van der Waals surface area (Å²) in [5, 5.41) is 8.65. The van der Waals surface area contributed by atoms with E-state index in [0.717, 1.165) is 49.4 Å². The van der Waals surface area contributed by atoms with Crippen molar-refractivity contribution in [1.29, 1.82) is 5.26 Å². The van der Waals surface area contributed by atoms with Crippen LogP contribution in [0.15, 0.2) is 54.6 Å². The maximum Gasteiger partial charge on any atom is 0.253 e. The summed E-state index contributed by atoms with van der Waals surface area (Å²) in [6.07, 6.45) is 0.550. The highest BCUT2D eigenvalue weighted by atomic mass is 16.2. The number of nitriles is 1. The third-order valence-electron chi connectivity index (χ3n) is 4.44. The largest absolute Gasteiger partial charge is 0.336 e. The molecule has 0 aromatic heterocycles. The number of amides is 1. The predicted molar refractivity (Wildman–Crippen MR) is 94.5 cm³/mol. The molecule has 24 heavy (non-hydrogen) atoms. The number of carbonyl (C=O) groups is 1. The van der Waals surface area contributed by atoms with Crippen LogP contribution >= 0.6 is 0 Å².